The normalized spacial score (nSPS) is 10.8. The molecule has 1 N–H and O–H groups in total. The van der Waals surface area contributed by atoms with E-state index in [0.717, 1.165) is 9.13 Å². The summed E-state index contributed by atoms with van der Waals surface area (Å²) in [6.07, 6.45) is 0. The van der Waals surface area contributed by atoms with Gasteiger partial charge >= 0.3 is 0 Å². The predicted molar refractivity (Wildman–Crippen MR) is 107 cm³/mol. The summed E-state index contributed by atoms with van der Waals surface area (Å²) in [4.78, 5) is 16.8. The van der Waals surface area contributed by atoms with Crippen molar-refractivity contribution in [3.8, 4) is 11.5 Å². The zero-order valence-electron chi connectivity index (χ0n) is 13.1. The minimum absolute atomic E-state index is 0.152. The first-order chi connectivity index (χ1) is 12.2. The van der Waals surface area contributed by atoms with Crippen LogP contribution in [-0.2, 0) is 0 Å². The first-order valence-electron chi connectivity index (χ1n) is 7.72. The van der Waals surface area contributed by atoms with Crippen molar-refractivity contribution in [3.63, 3.8) is 0 Å². The van der Waals surface area contributed by atoms with Crippen molar-refractivity contribution in [3.05, 3.63) is 81.9 Å². The van der Waals surface area contributed by atoms with Gasteiger partial charge in [0.2, 0.25) is 5.89 Å². The molecule has 0 fully saturated rings. The fourth-order valence-corrected chi connectivity index (χ4v) is 3.09. The Kier molecular flexibility index (Phi) is 4.23. The third-order valence-electron chi connectivity index (χ3n) is 3.75. The summed E-state index contributed by atoms with van der Waals surface area (Å²) in [6.45, 7) is 0. The summed E-state index contributed by atoms with van der Waals surface area (Å²) in [6, 6.07) is 22.5. The van der Waals surface area contributed by atoms with E-state index in [1.807, 2.05) is 60.7 Å². The molecule has 0 radical (unpaired) electrons. The van der Waals surface area contributed by atoms with Crippen LogP contribution < -0.4 is 5.32 Å². The molecule has 122 valence electrons. The lowest BCUT2D eigenvalue weighted by atomic mass is 10.2. The number of nitrogens with one attached hydrogen (secondary N) is 1. The molecule has 0 unspecified atom stereocenters. The highest BCUT2D eigenvalue weighted by Gasteiger charge is 2.11. The molecule has 4 aromatic rings. The Balaban J connectivity index is 1.63. The number of halogens is 1. The first-order valence-corrected chi connectivity index (χ1v) is 8.80. The lowest BCUT2D eigenvalue weighted by molar-refractivity contribution is 0.102. The number of rotatable bonds is 3. The molecule has 0 atom stereocenters. The van der Waals surface area contributed by atoms with Gasteiger partial charge in [0.15, 0.2) is 5.58 Å². The highest BCUT2D eigenvalue weighted by molar-refractivity contribution is 14.1. The lowest BCUT2D eigenvalue weighted by Gasteiger charge is -2.04. The Morgan fingerprint density at radius 2 is 1.80 bits per heavy atom. The molecule has 3 aromatic carbocycles. The van der Waals surface area contributed by atoms with E-state index in [4.69, 9.17) is 4.42 Å². The highest BCUT2D eigenvalue weighted by atomic mass is 127. The van der Waals surface area contributed by atoms with Gasteiger partial charge in [0.1, 0.15) is 5.52 Å². The van der Waals surface area contributed by atoms with Crippen molar-refractivity contribution in [2.75, 3.05) is 5.32 Å². The average molecular weight is 440 g/mol. The second kappa shape index (κ2) is 6.68. The molecule has 4 nitrogen and oxygen atoms in total. The molecule has 0 aliphatic rings. The van der Waals surface area contributed by atoms with Gasteiger partial charge < -0.3 is 9.73 Å². The van der Waals surface area contributed by atoms with Crippen LogP contribution in [0.15, 0.2) is 77.2 Å². The van der Waals surface area contributed by atoms with Crippen LogP contribution in [0.2, 0.25) is 0 Å². The van der Waals surface area contributed by atoms with Crippen molar-refractivity contribution < 1.29 is 9.21 Å². The molecule has 0 aliphatic heterocycles. The number of aromatic nitrogens is 1. The summed E-state index contributed by atoms with van der Waals surface area (Å²) < 4.78 is 6.95. The summed E-state index contributed by atoms with van der Waals surface area (Å²) in [5, 5.41) is 2.89. The van der Waals surface area contributed by atoms with Gasteiger partial charge in [-0.3, -0.25) is 4.79 Å². The molecular formula is C20H13IN2O2. The minimum Gasteiger partial charge on any atom is -0.436 e. The van der Waals surface area contributed by atoms with E-state index in [1.165, 1.54) is 0 Å². The van der Waals surface area contributed by atoms with Gasteiger partial charge in [-0.2, -0.15) is 0 Å². The average Bonchev–Trinajstić information content (AvgIpc) is 3.06. The van der Waals surface area contributed by atoms with Crippen LogP contribution in [0.25, 0.3) is 22.6 Å². The van der Waals surface area contributed by atoms with E-state index in [-0.39, 0.29) is 5.91 Å². The van der Waals surface area contributed by atoms with Crippen LogP contribution in [-0.4, -0.2) is 10.9 Å². The molecule has 1 heterocycles. The fraction of sp³-hybridized carbons (Fsp3) is 0. The number of amides is 1. The quantitative estimate of drug-likeness (QED) is 0.437. The minimum atomic E-state index is -0.152. The second-order valence-corrected chi connectivity index (χ2v) is 6.78. The Morgan fingerprint density at radius 1 is 0.960 bits per heavy atom. The van der Waals surface area contributed by atoms with Crippen LogP contribution in [0, 0.1) is 3.57 Å². The van der Waals surface area contributed by atoms with Gasteiger partial charge in [-0.15, -0.1) is 0 Å². The predicted octanol–water partition coefficient (Wildman–Crippen LogP) is 5.35. The monoisotopic (exact) mass is 440 g/mol. The molecule has 0 spiro atoms. The Morgan fingerprint density at radius 3 is 2.60 bits per heavy atom. The van der Waals surface area contributed by atoms with Crippen LogP contribution in [0.5, 0.6) is 0 Å². The maximum atomic E-state index is 12.3. The topological polar surface area (TPSA) is 55.1 Å². The van der Waals surface area contributed by atoms with Crippen molar-refractivity contribution in [2.24, 2.45) is 0 Å². The number of fused-ring (bicyclic) bond motifs is 1. The van der Waals surface area contributed by atoms with Crippen LogP contribution in [0.3, 0.4) is 0 Å². The fourth-order valence-electron chi connectivity index (χ4n) is 2.54. The molecule has 1 aromatic heterocycles. The largest absolute Gasteiger partial charge is 0.436 e. The van der Waals surface area contributed by atoms with Crippen molar-refractivity contribution in [1.82, 2.24) is 4.98 Å². The van der Waals surface area contributed by atoms with Gasteiger partial charge in [-0.25, -0.2) is 4.98 Å². The van der Waals surface area contributed by atoms with Crippen LogP contribution >= 0.6 is 22.6 Å². The third kappa shape index (κ3) is 3.41. The molecule has 5 heteroatoms. The number of anilines is 1. The van der Waals surface area contributed by atoms with Crippen LogP contribution in [0.4, 0.5) is 5.69 Å². The van der Waals surface area contributed by atoms with E-state index in [9.17, 15) is 4.79 Å². The number of nitrogens with zero attached hydrogens (tertiary/aromatic N) is 1. The Bertz CT molecular complexity index is 1060. The van der Waals surface area contributed by atoms with Crippen molar-refractivity contribution >= 4 is 45.3 Å². The van der Waals surface area contributed by atoms with Crippen molar-refractivity contribution in [2.45, 2.75) is 0 Å². The number of carbonyl (C=O) groups excluding carboxylic acids is 1. The Hall–Kier alpha value is -2.67. The van der Waals surface area contributed by atoms with Gasteiger partial charge in [-0.1, -0.05) is 24.3 Å². The van der Waals surface area contributed by atoms with Gasteiger partial charge in [0, 0.05) is 20.4 Å². The van der Waals surface area contributed by atoms with E-state index in [2.05, 4.69) is 32.9 Å². The summed E-state index contributed by atoms with van der Waals surface area (Å²) in [7, 11) is 0. The van der Waals surface area contributed by atoms with E-state index >= 15 is 0 Å². The van der Waals surface area contributed by atoms with E-state index in [1.54, 1.807) is 12.1 Å². The number of hydrogen-bond acceptors (Lipinski definition) is 3. The molecule has 0 bridgehead atoms. The summed E-state index contributed by atoms with van der Waals surface area (Å²) in [5.74, 6) is 0.418. The Labute approximate surface area is 158 Å². The molecule has 0 aliphatic carbocycles. The zero-order valence-corrected chi connectivity index (χ0v) is 15.2. The van der Waals surface area contributed by atoms with E-state index in [0.29, 0.717) is 28.2 Å². The second-order valence-electron chi connectivity index (χ2n) is 5.53. The van der Waals surface area contributed by atoms with Gasteiger partial charge in [-0.05, 0) is 71.1 Å². The van der Waals surface area contributed by atoms with E-state index < -0.39 is 0 Å². The van der Waals surface area contributed by atoms with Crippen molar-refractivity contribution in [1.29, 1.82) is 0 Å². The summed E-state index contributed by atoms with van der Waals surface area (Å²) in [5.41, 5.74) is 3.62. The molecular weight excluding hydrogens is 427 g/mol. The lowest BCUT2D eigenvalue weighted by Crippen LogP contribution is -2.11. The number of carbonyl (C=O) groups is 1. The SMILES string of the molecule is O=C(Nc1ccc2oc(-c3cccc(I)c3)nc2c1)c1ccccc1. The summed E-state index contributed by atoms with van der Waals surface area (Å²) >= 11 is 2.26. The third-order valence-corrected chi connectivity index (χ3v) is 4.42. The molecule has 4 rings (SSSR count). The number of oxazole rings is 1. The van der Waals surface area contributed by atoms with Gasteiger partial charge in [0.25, 0.3) is 5.91 Å². The smallest absolute Gasteiger partial charge is 0.255 e. The highest BCUT2D eigenvalue weighted by Crippen LogP contribution is 2.27. The number of hydrogen-bond donors (Lipinski definition) is 1. The number of benzene rings is 3. The molecule has 0 saturated carbocycles. The first kappa shape index (κ1) is 15.8. The molecule has 1 amide bonds. The zero-order chi connectivity index (χ0) is 17.2. The maximum absolute atomic E-state index is 12.3. The van der Waals surface area contributed by atoms with Gasteiger partial charge in [0.05, 0.1) is 0 Å². The molecule has 25 heavy (non-hydrogen) atoms. The standard InChI is InChI=1S/C20H13IN2O2/c21-15-8-4-7-14(11-15)20-23-17-12-16(9-10-18(17)25-20)22-19(24)13-5-2-1-3-6-13/h1-12H,(H,22,24). The molecule has 0 saturated heterocycles. The maximum Gasteiger partial charge on any atom is 0.255 e. The van der Waals surface area contributed by atoms with Crippen LogP contribution in [0.1, 0.15) is 10.4 Å².